The third-order valence-electron chi connectivity index (χ3n) is 2.61. The van der Waals surface area contributed by atoms with Gasteiger partial charge < -0.3 is 10.1 Å². The average Bonchev–Trinajstić information content (AvgIpc) is 2.35. The van der Waals surface area contributed by atoms with Crippen molar-refractivity contribution < 1.29 is 4.74 Å². The number of benzene rings is 1. The van der Waals surface area contributed by atoms with E-state index in [0.29, 0.717) is 6.61 Å². The van der Waals surface area contributed by atoms with Crippen molar-refractivity contribution in [3.05, 3.63) is 28.2 Å². The monoisotopic (exact) mass is 309 g/mol. The summed E-state index contributed by atoms with van der Waals surface area (Å²) in [5.41, 5.74) is 1.18. The van der Waals surface area contributed by atoms with E-state index < -0.39 is 0 Å². The Bertz CT molecular complexity index is 434. The third kappa shape index (κ3) is 4.72. The fourth-order valence-electron chi connectivity index (χ4n) is 1.74. The Morgan fingerprint density at radius 3 is 2.89 bits per heavy atom. The van der Waals surface area contributed by atoms with Gasteiger partial charge in [0.05, 0.1) is 6.61 Å². The molecule has 1 N–H and O–H groups in total. The van der Waals surface area contributed by atoms with Crippen LogP contribution >= 0.6 is 15.9 Å². The van der Waals surface area contributed by atoms with Gasteiger partial charge in [-0.3, -0.25) is 0 Å². The maximum absolute atomic E-state index is 5.82. The van der Waals surface area contributed by atoms with Crippen molar-refractivity contribution in [3.63, 3.8) is 0 Å². The van der Waals surface area contributed by atoms with E-state index >= 15 is 0 Å². The van der Waals surface area contributed by atoms with Gasteiger partial charge in [-0.05, 0) is 32.5 Å². The molecule has 1 unspecified atom stereocenters. The molecular formula is C15H20BrNO. The van der Waals surface area contributed by atoms with Crippen LogP contribution in [-0.2, 0) is 0 Å². The number of hydrogen-bond donors (Lipinski definition) is 1. The van der Waals surface area contributed by atoms with Crippen LogP contribution < -0.4 is 10.1 Å². The van der Waals surface area contributed by atoms with Gasteiger partial charge in [-0.25, -0.2) is 0 Å². The SMILES string of the molecule is CC#CCCOc1cc(Br)ccc1C(C)NCC. The number of nitrogens with one attached hydrogen (secondary N) is 1. The predicted octanol–water partition coefficient (Wildman–Crippen LogP) is 3.91. The normalized spacial score (nSPS) is 11.6. The highest BCUT2D eigenvalue weighted by atomic mass is 79.9. The first-order valence-electron chi connectivity index (χ1n) is 6.24. The molecule has 3 heteroatoms. The van der Waals surface area contributed by atoms with Crippen molar-refractivity contribution in [1.82, 2.24) is 5.32 Å². The highest BCUT2D eigenvalue weighted by molar-refractivity contribution is 9.10. The minimum absolute atomic E-state index is 0.287. The van der Waals surface area contributed by atoms with Gasteiger partial charge in [-0.2, -0.15) is 0 Å². The number of halogens is 1. The second-order valence-corrected chi connectivity index (χ2v) is 4.90. The molecule has 0 amide bonds. The minimum atomic E-state index is 0.287. The van der Waals surface area contributed by atoms with Crippen LogP contribution in [0.2, 0.25) is 0 Å². The first kappa shape index (κ1) is 15.1. The first-order valence-corrected chi connectivity index (χ1v) is 7.03. The van der Waals surface area contributed by atoms with Gasteiger partial charge in [0.25, 0.3) is 0 Å². The Balaban J connectivity index is 2.78. The van der Waals surface area contributed by atoms with Crippen LogP contribution in [0, 0.1) is 11.8 Å². The van der Waals surface area contributed by atoms with E-state index in [4.69, 9.17) is 4.74 Å². The zero-order valence-corrected chi connectivity index (χ0v) is 12.8. The molecule has 0 aromatic heterocycles. The van der Waals surface area contributed by atoms with Crippen LogP contribution in [0.3, 0.4) is 0 Å². The third-order valence-corrected chi connectivity index (χ3v) is 3.11. The predicted molar refractivity (Wildman–Crippen MR) is 79.8 cm³/mol. The minimum Gasteiger partial charge on any atom is -0.492 e. The van der Waals surface area contributed by atoms with Crippen molar-refractivity contribution in [2.45, 2.75) is 33.2 Å². The van der Waals surface area contributed by atoms with E-state index in [1.54, 1.807) is 0 Å². The summed E-state index contributed by atoms with van der Waals surface area (Å²) in [5.74, 6) is 6.80. The van der Waals surface area contributed by atoms with Crippen molar-refractivity contribution in [2.24, 2.45) is 0 Å². The van der Waals surface area contributed by atoms with Crippen LogP contribution in [0.25, 0.3) is 0 Å². The van der Waals surface area contributed by atoms with Crippen molar-refractivity contribution >= 4 is 15.9 Å². The zero-order valence-electron chi connectivity index (χ0n) is 11.2. The standard InChI is InChI=1S/C15H20BrNO/c1-4-6-7-10-18-15-11-13(16)8-9-14(15)12(3)17-5-2/h8-9,11-12,17H,5,7,10H2,1-3H3. The summed E-state index contributed by atoms with van der Waals surface area (Å²) in [6, 6.07) is 6.44. The molecule has 0 radical (unpaired) electrons. The van der Waals surface area contributed by atoms with Gasteiger partial charge in [0, 0.05) is 22.5 Å². The van der Waals surface area contributed by atoms with E-state index in [1.165, 1.54) is 5.56 Å². The van der Waals surface area contributed by atoms with E-state index in [1.807, 2.05) is 19.1 Å². The fourth-order valence-corrected chi connectivity index (χ4v) is 2.08. The molecule has 98 valence electrons. The molecule has 0 aliphatic rings. The Morgan fingerprint density at radius 1 is 1.44 bits per heavy atom. The molecule has 1 rings (SSSR count). The van der Waals surface area contributed by atoms with Gasteiger partial charge in [0.15, 0.2) is 0 Å². The molecule has 0 saturated carbocycles. The lowest BCUT2D eigenvalue weighted by molar-refractivity contribution is 0.320. The molecule has 0 aliphatic heterocycles. The lowest BCUT2D eigenvalue weighted by Gasteiger charge is -2.17. The number of hydrogen-bond acceptors (Lipinski definition) is 2. The first-order chi connectivity index (χ1) is 8.69. The zero-order chi connectivity index (χ0) is 13.4. The van der Waals surface area contributed by atoms with E-state index in [-0.39, 0.29) is 6.04 Å². The van der Waals surface area contributed by atoms with E-state index in [2.05, 4.69) is 53.0 Å². The Hall–Kier alpha value is -0.980. The molecule has 1 aromatic carbocycles. The molecule has 0 fully saturated rings. The highest BCUT2D eigenvalue weighted by Crippen LogP contribution is 2.28. The fraction of sp³-hybridized carbons (Fsp3) is 0.467. The Morgan fingerprint density at radius 2 is 2.22 bits per heavy atom. The summed E-state index contributed by atoms with van der Waals surface area (Å²) in [6.45, 7) is 7.66. The summed E-state index contributed by atoms with van der Waals surface area (Å²) in [4.78, 5) is 0. The number of rotatable bonds is 6. The van der Waals surface area contributed by atoms with Gasteiger partial charge >= 0.3 is 0 Å². The summed E-state index contributed by atoms with van der Waals surface area (Å²) >= 11 is 3.48. The largest absolute Gasteiger partial charge is 0.492 e. The van der Waals surface area contributed by atoms with Crippen LogP contribution in [-0.4, -0.2) is 13.2 Å². The average molecular weight is 310 g/mol. The molecule has 18 heavy (non-hydrogen) atoms. The molecule has 0 bridgehead atoms. The maximum atomic E-state index is 5.82. The summed E-state index contributed by atoms with van der Waals surface area (Å²) in [7, 11) is 0. The van der Waals surface area contributed by atoms with Crippen molar-refractivity contribution in [3.8, 4) is 17.6 Å². The molecule has 1 aromatic rings. The lowest BCUT2D eigenvalue weighted by atomic mass is 10.1. The second-order valence-electron chi connectivity index (χ2n) is 3.99. The Labute approximate surface area is 118 Å². The summed E-state index contributed by atoms with van der Waals surface area (Å²) < 4.78 is 6.85. The van der Waals surface area contributed by atoms with E-state index in [0.717, 1.165) is 23.2 Å². The van der Waals surface area contributed by atoms with Crippen molar-refractivity contribution in [2.75, 3.05) is 13.2 Å². The van der Waals surface area contributed by atoms with Crippen LogP contribution in [0.5, 0.6) is 5.75 Å². The molecule has 0 saturated heterocycles. The molecule has 1 atom stereocenters. The number of ether oxygens (including phenoxy) is 1. The highest BCUT2D eigenvalue weighted by Gasteiger charge is 2.11. The lowest BCUT2D eigenvalue weighted by Crippen LogP contribution is -2.18. The van der Waals surface area contributed by atoms with Gasteiger partial charge in [-0.1, -0.05) is 28.9 Å². The smallest absolute Gasteiger partial charge is 0.125 e. The maximum Gasteiger partial charge on any atom is 0.125 e. The van der Waals surface area contributed by atoms with Crippen LogP contribution in [0.4, 0.5) is 0 Å². The van der Waals surface area contributed by atoms with Crippen LogP contribution in [0.1, 0.15) is 38.8 Å². The summed E-state index contributed by atoms with van der Waals surface area (Å²) in [5, 5.41) is 3.40. The van der Waals surface area contributed by atoms with Gasteiger partial charge in [0.2, 0.25) is 0 Å². The molecule has 0 spiro atoms. The second kappa shape index (κ2) is 8.18. The quantitative estimate of drug-likeness (QED) is 0.635. The van der Waals surface area contributed by atoms with E-state index in [9.17, 15) is 0 Å². The summed E-state index contributed by atoms with van der Waals surface area (Å²) in [6.07, 6.45) is 0.762. The topological polar surface area (TPSA) is 21.3 Å². The van der Waals surface area contributed by atoms with Crippen molar-refractivity contribution in [1.29, 1.82) is 0 Å². The molecular weight excluding hydrogens is 290 g/mol. The molecule has 0 aliphatic carbocycles. The molecule has 2 nitrogen and oxygen atoms in total. The Kier molecular flexibility index (Phi) is 6.85. The molecule has 0 heterocycles. The van der Waals surface area contributed by atoms with Gasteiger partial charge in [-0.15, -0.1) is 11.8 Å². The van der Waals surface area contributed by atoms with Gasteiger partial charge in [0.1, 0.15) is 5.75 Å². The van der Waals surface area contributed by atoms with Crippen LogP contribution in [0.15, 0.2) is 22.7 Å².